The number of ether oxygens (including phenoxy) is 2. The van der Waals surface area contributed by atoms with Gasteiger partial charge in [-0.3, -0.25) is 14.6 Å². The Hall–Kier alpha value is -3.98. The van der Waals surface area contributed by atoms with Gasteiger partial charge in [-0.2, -0.15) is 0 Å². The fourth-order valence-electron chi connectivity index (χ4n) is 7.04. The third-order valence-electron chi connectivity index (χ3n) is 9.52. The van der Waals surface area contributed by atoms with Crippen LogP contribution in [-0.2, 0) is 38.4 Å². The normalized spacial score (nSPS) is 21.1. The molecule has 1 saturated heterocycles. The predicted molar refractivity (Wildman–Crippen MR) is 182 cm³/mol. The van der Waals surface area contributed by atoms with Crippen molar-refractivity contribution in [2.75, 3.05) is 20.3 Å². The lowest BCUT2D eigenvalue weighted by atomic mass is 9.83. The highest BCUT2D eigenvalue weighted by molar-refractivity contribution is 5.95. The van der Waals surface area contributed by atoms with Gasteiger partial charge in [0.2, 0.25) is 0 Å². The van der Waals surface area contributed by atoms with E-state index in [-0.39, 0.29) is 30.0 Å². The molecule has 4 aromatic rings. The summed E-state index contributed by atoms with van der Waals surface area (Å²) in [5, 5.41) is 2.69. The smallest absolute Gasteiger partial charge is 0.324 e. The van der Waals surface area contributed by atoms with Gasteiger partial charge in [0.05, 0.1) is 24.4 Å². The van der Waals surface area contributed by atoms with Crippen LogP contribution >= 0.6 is 0 Å². The molecule has 1 amide bonds. The molecule has 2 aliphatic rings. The first-order chi connectivity index (χ1) is 22.1. The number of hydrogen-bond donors (Lipinski definition) is 2. The Morgan fingerprint density at radius 3 is 2.63 bits per heavy atom. The highest BCUT2D eigenvalue weighted by Crippen LogP contribution is 2.42. The quantitative estimate of drug-likeness (QED) is 0.263. The SMILES string of the molecule is CCn1c(-c2ccccc2[C@H](C)OC)c2c3cc(ccc31)-c1cccc(c1)C[C@H](N)C(=O)N1CCC[C@H](N1)C(=O)OCC(C)(C)C2. The highest BCUT2D eigenvalue weighted by atomic mass is 16.5. The second kappa shape index (κ2) is 13.0. The second-order valence-electron chi connectivity index (χ2n) is 13.5. The lowest BCUT2D eigenvalue weighted by molar-refractivity contribution is -0.154. The van der Waals surface area contributed by atoms with Crippen LogP contribution < -0.4 is 11.2 Å². The fraction of sp³-hybridized carbons (Fsp3) is 0.421. The van der Waals surface area contributed by atoms with Crippen molar-refractivity contribution >= 4 is 22.8 Å². The zero-order valence-electron chi connectivity index (χ0n) is 27.6. The van der Waals surface area contributed by atoms with Gasteiger partial charge in [0.15, 0.2) is 0 Å². The molecule has 3 atom stereocenters. The van der Waals surface area contributed by atoms with Crippen molar-refractivity contribution in [3.05, 3.63) is 83.4 Å². The van der Waals surface area contributed by atoms with E-state index in [4.69, 9.17) is 15.2 Å². The van der Waals surface area contributed by atoms with Crippen LogP contribution in [0.3, 0.4) is 0 Å². The molecule has 242 valence electrons. The number of benzene rings is 3. The molecule has 0 radical (unpaired) electrons. The van der Waals surface area contributed by atoms with E-state index in [2.05, 4.69) is 92.3 Å². The summed E-state index contributed by atoms with van der Waals surface area (Å²) in [5.74, 6) is -0.558. The number of nitrogens with one attached hydrogen (secondary N) is 1. The van der Waals surface area contributed by atoms with Crippen LogP contribution in [0.1, 0.15) is 63.3 Å². The number of methoxy groups -OCH3 is 1. The first-order valence-electron chi connectivity index (χ1n) is 16.5. The van der Waals surface area contributed by atoms with E-state index in [1.807, 2.05) is 12.1 Å². The Balaban J connectivity index is 1.55. The number of cyclic esters (lactones) is 1. The van der Waals surface area contributed by atoms with Gasteiger partial charge in [-0.15, -0.1) is 0 Å². The molecule has 1 aromatic heterocycles. The minimum Gasteiger partial charge on any atom is -0.464 e. The number of nitrogens with two attached hydrogens (primary N) is 1. The summed E-state index contributed by atoms with van der Waals surface area (Å²) in [6.07, 6.45) is 2.30. The van der Waals surface area contributed by atoms with E-state index in [1.54, 1.807) is 7.11 Å². The van der Waals surface area contributed by atoms with Crippen molar-refractivity contribution in [1.82, 2.24) is 15.0 Å². The molecule has 1 fully saturated rings. The van der Waals surface area contributed by atoms with E-state index in [0.29, 0.717) is 32.2 Å². The van der Waals surface area contributed by atoms with Gasteiger partial charge in [-0.1, -0.05) is 68.4 Å². The van der Waals surface area contributed by atoms with Gasteiger partial charge in [-0.05, 0) is 79.5 Å². The van der Waals surface area contributed by atoms with Crippen LogP contribution in [0.4, 0.5) is 0 Å². The first kappa shape index (κ1) is 32.0. The Morgan fingerprint density at radius 1 is 1.07 bits per heavy atom. The van der Waals surface area contributed by atoms with Crippen molar-refractivity contribution in [2.45, 2.75) is 78.1 Å². The average molecular weight is 623 g/mol. The Labute approximate surface area is 271 Å². The Bertz CT molecular complexity index is 1760. The predicted octanol–water partition coefficient (Wildman–Crippen LogP) is 6.19. The molecule has 0 unspecified atom stereocenters. The minimum atomic E-state index is -0.736. The molecule has 0 spiro atoms. The van der Waals surface area contributed by atoms with Crippen molar-refractivity contribution in [3.63, 3.8) is 0 Å². The van der Waals surface area contributed by atoms with Crippen molar-refractivity contribution in [1.29, 1.82) is 0 Å². The summed E-state index contributed by atoms with van der Waals surface area (Å²) < 4.78 is 14.2. The summed E-state index contributed by atoms with van der Waals surface area (Å²) in [7, 11) is 1.75. The summed E-state index contributed by atoms with van der Waals surface area (Å²) in [5.41, 5.74) is 18.2. The van der Waals surface area contributed by atoms with Gasteiger partial charge < -0.3 is 19.8 Å². The lowest BCUT2D eigenvalue weighted by Crippen LogP contribution is -2.59. The van der Waals surface area contributed by atoms with E-state index in [9.17, 15) is 9.59 Å². The zero-order valence-corrected chi connectivity index (χ0v) is 27.6. The molecule has 46 heavy (non-hydrogen) atoms. The molecule has 8 heteroatoms. The van der Waals surface area contributed by atoms with Crippen LogP contribution in [0, 0.1) is 5.41 Å². The Kier molecular flexibility index (Phi) is 9.06. The van der Waals surface area contributed by atoms with Crippen LogP contribution in [0.2, 0.25) is 0 Å². The summed E-state index contributed by atoms with van der Waals surface area (Å²) in [6, 6.07) is 22.2. The van der Waals surface area contributed by atoms with Crippen molar-refractivity contribution in [2.24, 2.45) is 11.1 Å². The summed E-state index contributed by atoms with van der Waals surface area (Å²) in [6.45, 7) is 10.1. The number of esters is 1. The number of aryl methyl sites for hydroxylation is 1. The molecule has 3 aromatic carbocycles. The number of hydrogen-bond acceptors (Lipinski definition) is 6. The maximum absolute atomic E-state index is 13.4. The fourth-order valence-corrected chi connectivity index (χ4v) is 7.04. The molecule has 3 N–H and O–H groups in total. The van der Waals surface area contributed by atoms with Gasteiger partial charge in [0, 0.05) is 42.1 Å². The summed E-state index contributed by atoms with van der Waals surface area (Å²) >= 11 is 0. The van der Waals surface area contributed by atoms with Gasteiger partial charge in [0.25, 0.3) is 5.91 Å². The first-order valence-corrected chi connectivity index (χ1v) is 16.5. The topological polar surface area (TPSA) is 98.8 Å². The average Bonchev–Trinajstić information content (AvgIpc) is 3.37. The highest BCUT2D eigenvalue weighted by Gasteiger charge is 2.34. The zero-order chi connectivity index (χ0) is 32.6. The van der Waals surface area contributed by atoms with Gasteiger partial charge >= 0.3 is 5.97 Å². The number of fused-ring (bicyclic) bond motifs is 6. The summed E-state index contributed by atoms with van der Waals surface area (Å²) in [4.78, 5) is 26.7. The molecule has 0 saturated carbocycles. The molecule has 2 aliphatic heterocycles. The number of carbonyl (C=O) groups excluding carboxylic acids is 2. The third-order valence-corrected chi connectivity index (χ3v) is 9.52. The molecule has 3 heterocycles. The van der Waals surface area contributed by atoms with E-state index < -0.39 is 12.1 Å². The van der Waals surface area contributed by atoms with E-state index >= 15 is 0 Å². The molecule has 8 nitrogen and oxygen atoms in total. The monoisotopic (exact) mass is 622 g/mol. The third kappa shape index (κ3) is 6.21. The molecule has 6 bridgehead atoms. The lowest BCUT2D eigenvalue weighted by Gasteiger charge is -2.35. The number of rotatable bonds is 4. The van der Waals surface area contributed by atoms with Crippen LogP contribution in [-0.4, -0.2) is 53.8 Å². The van der Waals surface area contributed by atoms with E-state index in [1.165, 1.54) is 21.7 Å². The number of carbonyl (C=O) groups is 2. The van der Waals surface area contributed by atoms with Crippen LogP contribution in [0.5, 0.6) is 0 Å². The largest absolute Gasteiger partial charge is 0.464 e. The van der Waals surface area contributed by atoms with Gasteiger partial charge in [-0.25, -0.2) is 5.43 Å². The number of hydrazine groups is 1. The van der Waals surface area contributed by atoms with Crippen molar-refractivity contribution < 1.29 is 19.1 Å². The van der Waals surface area contributed by atoms with E-state index in [0.717, 1.165) is 39.9 Å². The maximum Gasteiger partial charge on any atom is 0.324 e. The van der Waals surface area contributed by atoms with Crippen LogP contribution in [0.25, 0.3) is 33.3 Å². The number of amides is 1. The number of aromatic nitrogens is 1. The van der Waals surface area contributed by atoms with Crippen molar-refractivity contribution in [3.8, 4) is 22.4 Å². The standard InChI is InChI=1S/C38H46N4O4/c1-6-41-34-17-16-27-21-30(34)31(35(41)29-14-8-7-13-28(29)24(2)45-5)22-38(3,4)23-46-37(44)33-15-10-18-42(40-33)36(43)32(39)20-25-11-9-12-26(27)19-25/h7-9,11-14,16-17,19,21,24,32-33,40H,6,10,15,18,20,22-23,39H2,1-5H3/t24-,32-,33-/m0/s1. The molecule has 0 aliphatic carbocycles. The minimum absolute atomic E-state index is 0.0843. The Morgan fingerprint density at radius 2 is 1.85 bits per heavy atom. The molecule has 6 rings (SSSR count). The van der Waals surface area contributed by atoms with Gasteiger partial charge in [0.1, 0.15) is 6.04 Å². The van der Waals surface area contributed by atoms with Crippen LogP contribution in [0.15, 0.2) is 66.7 Å². The second-order valence-corrected chi connectivity index (χ2v) is 13.5. The number of nitrogens with zero attached hydrogens (tertiary/aromatic N) is 2. The maximum atomic E-state index is 13.4. The molecular formula is C38H46N4O4. The molecular weight excluding hydrogens is 576 g/mol.